The molecule has 0 aliphatic rings. The number of nitrogen functional groups attached to an aromatic ring is 1. The Kier molecular flexibility index (Phi) is 2.83. The average Bonchev–Trinajstić information content (AvgIpc) is 2.30. The van der Waals surface area contributed by atoms with Crippen molar-refractivity contribution in [2.24, 2.45) is 0 Å². The SMILES string of the molecule is Cc1ccccc1-c1ccc(N)c(C(=O)O)c1. The Hall–Kier alpha value is -2.29. The summed E-state index contributed by atoms with van der Waals surface area (Å²) in [5.74, 6) is -1.00. The summed E-state index contributed by atoms with van der Waals surface area (Å²) in [6.45, 7) is 1.99. The van der Waals surface area contributed by atoms with Gasteiger partial charge in [0.05, 0.1) is 5.56 Å². The molecule has 0 saturated carbocycles. The van der Waals surface area contributed by atoms with E-state index in [1.165, 1.54) is 0 Å². The Balaban J connectivity index is 2.58. The lowest BCUT2D eigenvalue weighted by atomic mass is 9.98. The topological polar surface area (TPSA) is 63.3 Å². The average molecular weight is 227 g/mol. The van der Waals surface area contributed by atoms with E-state index in [1.54, 1.807) is 12.1 Å². The molecule has 0 aromatic heterocycles. The number of rotatable bonds is 2. The van der Waals surface area contributed by atoms with Crippen LogP contribution in [0.3, 0.4) is 0 Å². The molecule has 3 heteroatoms. The first-order chi connectivity index (χ1) is 8.09. The minimum absolute atomic E-state index is 0.144. The quantitative estimate of drug-likeness (QED) is 0.775. The minimum atomic E-state index is -1.00. The number of carboxylic acid groups (broad SMARTS) is 1. The van der Waals surface area contributed by atoms with E-state index in [2.05, 4.69) is 0 Å². The minimum Gasteiger partial charge on any atom is -0.478 e. The number of carbonyl (C=O) groups is 1. The van der Waals surface area contributed by atoms with E-state index in [9.17, 15) is 4.79 Å². The van der Waals surface area contributed by atoms with E-state index < -0.39 is 5.97 Å². The van der Waals surface area contributed by atoms with E-state index in [0.717, 1.165) is 16.7 Å². The molecule has 2 aromatic rings. The van der Waals surface area contributed by atoms with Gasteiger partial charge in [-0.05, 0) is 35.7 Å². The molecule has 86 valence electrons. The van der Waals surface area contributed by atoms with Crippen molar-refractivity contribution in [3.8, 4) is 11.1 Å². The smallest absolute Gasteiger partial charge is 0.337 e. The molecule has 0 spiro atoms. The molecule has 0 aliphatic carbocycles. The molecular formula is C14H13NO2. The van der Waals surface area contributed by atoms with Crippen molar-refractivity contribution in [1.82, 2.24) is 0 Å². The lowest BCUT2D eigenvalue weighted by molar-refractivity contribution is 0.0698. The zero-order valence-corrected chi connectivity index (χ0v) is 9.47. The second-order valence-electron chi connectivity index (χ2n) is 3.92. The van der Waals surface area contributed by atoms with Crippen LogP contribution in [-0.4, -0.2) is 11.1 Å². The lowest BCUT2D eigenvalue weighted by Gasteiger charge is -2.08. The summed E-state index contributed by atoms with van der Waals surface area (Å²) in [7, 11) is 0. The van der Waals surface area contributed by atoms with E-state index in [0.29, 0.717) is 0 Å². The van der Waals surface area contributed by atoms with Crippen molar-refractivity contribution in [1.29, 1.82) is 0 Å². The molecule has 0 amide bonds. The first-order valence-electron chi connectivity index (χ1n) is 5.28. The summed E-state index contributed by atoms with van der Waals surface area (Å²) >= 11 is 0. The van der Waals surface area contributed by atoms with Crippen molar-refractivity contribution in [2.45, 2.75) is 6.92 Å². The highest BCUT2D eigenvalue weighted by Crippen LogP contribution is 2.26. The number of nitrogens with two attached hydrogens (primary N) is 1. The number of anilines is 1. The fourth-order valence-corrected chi connectivity index (χ4v) is 1.81. The summed E-state index contributed by atoms with van der Waals surface area (Å²) in [5, 5.41) is 9.03. The van der Waals surface area contributed by atoms with Gasteiger partial charge in [-0.25, -0.2) is 4.79 Å². The fourth-order valence-electron chi connectivity index (χ4n) is 1.81. The number of aryl methyl sites for hydroxylation is 1. The summed E-state index contributed by atoms with van der Waals surface area (Å²) in [5.41, 5.74) is 9.06. The molecule has 2 aromatic carbocycles. The van der Waals surface area contributed by atoms with Crippen LogP contribution in [0.1, 0.15) is 15.9 Å². The van der Waals surface area contributed by atoms with E-state index >= 15 is 0 Å². The second kappa shape index (κ2) is 4.29. The Labute approximate surface area is 99.5 Å². The van der Waals surface area contributed by atoms with Crippen LogP contribution in [0.2, 0.25) is 0 Å². The molecule has 0 fully saturated rings. The molecule has 0 unspecified atom stereocenters. The van der Waals surface area contributed by atoms with Gasteiger partial charge in [0.25, 0.3) is 0 Å². The van der Waals surface area contributed by atoms with Crippen molar-refractivity contribution in [3.05, 3.63) is 53.6 Å². The van der Waals surface area contributed by atoms with Gasteiger partial charge in [-0.2, -0.15) is 0 Å². The van der Waals surface area contributed by atoms with Gasteiger partial charge in [0.2, 0.25) is 0 Å². The maximum atomic E-state index is 11.0. The Bertz CT molecular complexity index is 576. The molecule has 0 heterocycles. The molecule has 3 N–H and O–H groups in total. The Morgan fingerprint density at radius 3 is 2.53 bits per heavy atom. The standard InChI is InChI=1S/C14H13NO2/c1-9-4-2-3-5-11(9)10-6-7-13(15)12(8-10)14(16)17/h2-8H,15H2,1H3,(H,16,17). The van der Waals surface area contributed by atoms with Crippen LogP contribution < -0.4 is 5.73 Å². The van der Waals surface area contributed by atoms with Crippen LogP contribution in [0.4, 0.5) is 5.69 Å². The Morgan fingerprint density at radius 2 is 1.88 bits per heavy atom. The van der Waals surface area contributed by atoms with Crippen molar-refractivity contribution in [3.63, 3.8) is 0 Å². The summed E-state index contributed by atoms with van der Waals surface area (Å²) < 4.78 is 0. The van der Waals surface area contributed by atoms with Gasteiger partial charge in [-0.15, -0.1) is 0 Å². The van der Waals surface area contributed by atoms with Crippen LogP contribution in [0, 0.1) is 6.92 Å². The first kappa shape index (κ1) is 11.2. The largest absolute Gasteiger partial charge is 0.478 e. The molecule has 0 bridgehead atoms. The second-order valence-corrected chi connectivity index (χ2v) is 3.92. The van der Waals surface area contributed by atoms with Crippen molar-refractivity contribution < 1.29 is 9.90 Å². The number of aromatic carboxylic acids is 1. The monoisotopic (exact) mass is 227 g/mol. The van der Waals surface area contributed by atoms with Gasteiger partial charge in [-0.1, -0.05) is 30.3 Å². The van der Waals surface area contributed by atoms with E-state index in [1.807, 2.05) is 37.3 Å². The molecule has 17 heavy (non-hydrogen) atoms. The van der Waals surface area contributed by atoms with Gasteiger partial charge < -0.3 is 10.8 Å². The summed E-state index contributed by atoms with van der Waals surface area (Å²) in [6, 6.07) is 12.9. The zero-order chi connectivity index (χ0) is 12.4. The van der Waals surface area contributed by atoms with Gasteiger partial charge in [0.15, 0.2) is 0 Å². The highest BCUT2D eigenvalue weighted by molar-refractivity contribution is 5.95. The summed E-state index contributed by atoms with van der Waals surface area (Å²) in [6.07, 6.45) is 0. The van der Waals surface area contributed by atoms with Crippen molar-refractivity contribution in [2.75, 3.05) is 5.73 Å². The van der Waals surface area contributed by atoms with Gasteiger partial charge >= 0.3 is 5.97 Å². The molecule has 2 rings (SSSR count). The highest BCUT2D eigenvalue weighted by Gasteiger charge is 2.10. The molecule has 0 aliphatic heterocycles. The third kappa shape index (κ3) is 2.13. The lowest BCUT2D eigenvalue weighted by Crippen LogP contribution is -2.02. The van der Waals surface area contributed by atoms with Gasteiger partial charge in [0, 0.05) is 5.69 Å². The first-order valence-corrected chi connectivity index (χ1v) is 5.28. The third-order valence-corrected chi connectivity index (χ3v) is 2.74. The van der Waals surface area contributed by atoms with Gasteiger partial charge in [0.1, 0.15) is 0 Å². The van der Waals surface area contributed by atoms with E-state index in [-0.39, 0.29) is 11.3 Å². The fraction of sp³-hybridized carbons (Fsp3) is 0.0714. The van der Waals surface area contributed by atoms with E-state index in [4.69, 9.17) is 10.8 Å². The molecule has 0 saturated heterocycles. The summed E-state index contributed by atoms with van der Waals surface area (Å²) in [4.78, 5) is 11.0. The van der Waals surface area contributed by atoms with Crippen LogP contribution in [0.15, 0.2) is 42.5 Å². The molecular weight excluding hydrogens is 214 g/mol. The predicted octanol–water partition coefficient (Wildman–Crippen LogP) is 2.94. The number of benzene rings is 2. The number of carboxylic acids is 1. The highest BCUT2D eigenvalue weighted by atomic mass is 16.4. The number of hydrogen-bond donors (Lipinski definition) is 2. The van der Waals surface area contributed by atoms with Crippen LogP contribution in [-0.2, 0) is 0 Å². The van der Waals surface area contributed by atoms with Crippen LogP contribution in [0.5, 0.6) is 0 Å². The zero-order valence-electron chi connectivity index (χ0n) is 9.47. The third-order valence-electron chi connectivity index (χ3n) is 2.74. The van der Waals surface area contributed by atoms with Crippen LogP contribution in [0.25, 0.3) is 11.1 Å². The van der Waals surface area contributed by atoms with Crippen molar-refractivity contribution >= 4 is 11.7 Å². The molecule has 3 nitrogen and oxygen atoms in total. The molecule has 0 radical (unpaired) electrons. The van der Waals surface area contributed by atoms with Gasteiger partial charge in [-0.3, -0.25) is 0 Å². The maximum absolute atomic E-state index is 11.0. The maximum Gasteiger partial charge on any atom is 0.337 e. The van der Waals surface area contributed by atoms with Crippen LogP contribution >= 0.6 is 0 Å². The number of hydrogen-bond acceptors (Lipinski definition) is 2. The Morgan fingerprint density at radius 1 is 1.18 bits per heavy atom. The predicted molar refractivity (Wildman–Crippen MR) is 68.0 cm³/mol. The normalized spacial score (nSPS) is 10.2. The molecule has 0 atom stereocenters.